The van der Waals surface area contributed by atoms with E-state index in [2.05, 4.69) is 9.97 Å². The summed E-state index contributed by atoms with van der Waals surface area (Å²) >= 11 is 5.87. The first-order chi connectivity index (χ1) is 9.10. The van der Waals surface area contributed by atoms with E-state index in [0.717, 1.165) is 19.4 Å². The second-order valence-electron chi connectivity index (χ2n) is 4.44. The molecule has 1 aliphatic heterocycles. The molecule has 1 fully saturated rings. The summed E-state index contributed by atoms with van der Waals surface area (Å²) in [4.78, 5) is 21.8. The van der Waals surface area contributed by atoms with Crippen molar-refractivity contribution < 1.29 is 9.53 Å². The Labute approximate surface area is 116 Å². The number of carbonyl (C=O) groups is 1. The molecule has 0 saturated carbocycles. The number of esters is 1. The van der Waals surface area contributed by atoms with Crippen LogP contribution in [0.4, 0.5) is 11.8 Å². The standard InChI is InChI=1S/C12H17ClN4O2/c1-2-19-11(18)8-4-3-5-17(7-8)10-6-9(13)15-12(14)16-10/h6,8H,2-5,7H2,1H3,(H2,14,15,16)/t8-/m0/s1. The van der Waals surface area contributed by atoms with Gasteiger partial charge in [0.2, 0.25) is 5.95 Å². The normalized spacial score (nSPS) is 19.3. The molecule has 2 N–H and O–H groups in total. The van der Waals surface area contributed by atoms with Crippen molar-refractivity contribution in [3.63, 3.8) is 0 Å². The Bertz CT molecular complexity index is 449. The minimum atomic E-state index is -0.152. The number of nitrogens with two attached hydrogens (primary N) is 1. The average Bonchev–Trinajstić information content (AvgIpc) is 2.38. The Balaban J connectivity index is 2.10. The fraction of sp³-hybridized carbons (Fsp3) is 0.583. The molecule has 2 rings (SSSR count). The first-order valence-corrected chi connectivity index (χ1v) is 6.69. The van der Waals surface area contributed by atoms with E-state index in [0.29, 0.717) is 24.1 Å². The van der Waals surface area contributed by atoms with E-state index in [-0.39, 0.29) is 17.8 Å². The minimum Gasteiger partial charge on any atom is -0.466 e. The number of nitrogens with zero attached hydrogens (tertiary/aromatic N) is 3. The summed E-state index contributed by atoms with van der Waals surface area (Å²) in [6.45, 7) is 3.61. The number of carbonyl (C=O) groups excluding carboxylic acids is 1. The zero-order valence-corrected chi connectivity index (χ0v) is 11.6. The summed E-state index contributed by atoms with van der Waals surface area (Å²) in [5.74, 6) is 0.524. The fourth-order valence-electron chi connectivity index (χ4n) is 2.22. The van der Waals surface area contributed by atoms with Gasteiger partial charge in [0.25, 0.3) is 0 Å². The van der Waals surface area contributed by atoms with Crippen LogP contribution < -0.4 is 10.6 Å². The maximum Gasteiger partial charge on any atom is 0.310 e. The van der Waals surface area contributed by atoms with Crippen LogP contribution in [0.15, 0.2) is 6.07 Å². The number of halogens is 1. The Morgan fingerprint density at radius 1 is 1.63 bits per heavy atom. The first-order valence-electron chi connectivity index (χ1n) is 6.31. The molecule has 0 aliphatic carbocycles. The third-order valence-corrected chi connectivity index (χ3v) is 3.26. The minimum absolute atomic E-state index is 0.122. The molecular formula is C12H17ClN4O2. The molecule has 0 radical (unpaired) electrons. The number of rotatable bonds is 3. The van der Waals surface area contributed by atoms with Crippen LogP contribution in [0.2, 0.25) is 5.15 Å². The summed E-state index contributed by atoms with van der Waals surface area (Å²) < 4.78 is 5.06. The summed E-state index contributed by atoms with van der Waals surface area (Å²) in [5, 5.41) is 0.306. The topological polar surface area (TPSA) is 81.3 Å². The van der Waals surface area contributed by atoms with E-state index in [9.17, 15) is 4.79 Å². The molecule has 0 spiro atoms. The molecule has 1 atom stereocenters. The van der Waals surface area contributed by atoms with Crippen molar-refractivity contribution in [1.82, 2.24) is 9.97 Å². The van der Waals surface area contributed by atoms with Gasteiger partial charge < -0.3 is 15.4 Å². The van der Waals surface area contributed by atoms with Gasteiger partial charge in [0.1, 0.15) is 11.0 Å². The molecule has 2 heterocycles. The van der Waals surface area contributed by atoms with E-state index >= 15 is 0 Å². The molecule has 1 aromatic rings. The van der Waals surface area contributed by atoms with Gasteiger partial charge >= 0.3 is 5.97 Å². The number of hydrogen-bond acceptors (Lipinski definition) is 6. The van der Waals surface area contributed by atoms with Crippen molar-refractivity contribution in [2.45, 2.75) is 19.8 Å². The van der Waals surface area contributed by atoms with Crippen molar-refractivity contribution in [3.05, 3.63) is 11.2 Å². The number of hydrogen-bond donors (Lipinski definition) is 1. The van der Waals surface area contributed by atoms with Gasteiger partial charge in [-0.05, 0) is 19.8 Å². The summed E-state index contributed by atoms with van der Waals surface area (Å²) in [6, 6.07) is 1.66. The summed E-state index contributed by atoms with van der Waals surface area (Å²) in [5.41, 5.74) is 5.58. The van der Waals surface area contributed by atoms with Gasteiger partial charge in [-0.25, -0.2) is 4.98 Å². The lowest BCUT2D eigenvalue weighted by molar-refractivity contribution is -0.148. The van der Waals surface area contributed by atoms with Crippen LogP contribution in [-0.4, -0.2) is 35.6 Å². The number of nitrogen functional groups attached to an aromatic ring is 1. The van der Waals surface area contributed by atoms with Crippen LogP contribution >= 0.6 is 11.6 Å². The lowest BCUT2D eigenvalue weighted by Crippen LogP contribution is -2.40. The predicted molar refractivity (Wildman–Crippen MR) is 73.0 cm³/mol. The van der Waals surface area contributed by atoms with Crippen molar-refractivity contribution in [2.75, 3.05) is 30.3 Å². The van der Waals surface area contributed by atoms with Crippen LogP contribution in [-0.2, 0) is 9.53 Å². The quantitative estimate of drug-likeness (QED) is 0.669. The number of ether oxygens (including phenoxy) is 1. The fourth-order valence-corrected chi connectivity index (χ4v) is 2.41. The van der Waals surface area contributed by atoms with Crippen molar-refractivity contribution >= 4 is 29.3 Å². The SMILES string of the molecule is CCOC(=O)[C@H]1CCCN(c2cc(Cl)nc(N)n2)C1. The highest BCUT2D eigenvalue weighted by atomic mass is 35.5. The van der Waals surface area contributed by atoms with Gasteiger partial charge in [0, 0.05) is 19.2 Å². The van der Waals surface area contributed by atoms with E-state index in [1.165, 1.54) is 0 Å². The largest absolute Gasteiger partial charge is 0.466 e. The Morgan fingerprint density at radius 3 is 3.11 bits per heavy atom. The molecular weight excluding hydrogens is 268 g/mol. The van der Waals surface area contributed by atoms with Gasteiger partial charge in [-0.3, -0.25) is 4.79 Å². The maximum absolute atomic E-state index is 11.8. The Hall–Kier alpha value is -1.56. The molecule has 0 aromatic carbocycles. The Morgan fingerprint density at radius 2 is 2.42 bits per heavy atom. The molecule has 0 amide bonds. The first kappa shape index (κ1) is 13.9. The molecule has 1 aliphatic rings. The van der Waals surface area contributed by atoms with Gasteiger partial charge in [0.15, 0.2) is 0 Å². The summed E-state index contributed by atoms with van der Waals surface area (Å²) in [7, 11) is 0. The average molecular weight is 285 g/mol. The van der Waals surface area contributed by atoms with Crippen molar-refractivity contribution in [2.24, 2.45) is 5.92 Å². The van der Waals surface area contributed by atoms with E-state index < -0.39 is 0 Å². The third kappa shape index (κ3) is 3.47. The molecule has 104 valence electrons. The molecule has 0 unspecified atom stereocenters. The monoisotopic (exact) mass is 284 g/mol. The highest BCUT2D eigenvalue weighted by molar-refractivity contribution is 6.29. The van der Waals surface area contributed by atoms with Crippen LogP contribution in [0.25, 0.3) is 0 Å². The predicted octanol–water partition coefficient (Wildman–Crippen LogP) is 1.49. The van der Waals surface area contributed by atoms with Gasteiger partial charge in [-0.2, -0.15) is 4.98 Å². The highest BCUT2D eigenvalue weighted by Crippen LogP contribution is 2.24. The lowest BCUT2D eigenvalue weighted by Gasteiger charge is -2.32. The molecule has 1 saturated heterocycles. The maximum atomic E-state index is 11.8. The highest BCUT2D eigenvalue weighted by Gasteiger charge is 2.27. The third-order valence-electron chi connectivity index (χ3n) is 3.06. The van der Waals surface area contributed by atoms with Crippen LogP contribution in [0, 0.1) is 5.92 Å². The van der Waals surface area contributed by atoms with Crippen LogP contribution in [0.1, 0.15) is 19.8 Å². The van der Waals surface area contributed by atoms with Crippen LogP contribution in [0.5, 0.6) is 0 Å². The van der Waals surface area contributed by atoms with Gasteiger partial charge in [-0.1, -0.05) is 11.6 Å². The van der Waals surface area contributed by atoms with Crippen molar-refractivity contribution in [1.29, 1.82) is 0 Å². The van der Waals surface area contributed by atoms with E-state index in [1.54, 1.807) is 6.07 Å². The molecule has 6 nitrogen and oxygen atoms in total. The second-order valence-corrected chi connectivity index (χ2v) is 4.83. The van der Waals surface area contributed by atoms with Gasteiger partial charge in [-0.15, -0.1) is 0 Å². The number of anilines is 2. The number of aromatic nitrogens is 2. The van der Waals surface area contributed by atoms with E-state index in [1.807, 2.05) is 11.8 Å². The molecule has 1 aromatic heterocycles. The smallest absolute Gasteiger partial charge is 0.310 e. The van der Waals surface area contributed by atoms with Crippen LogP contribution in [0.3, 0.4) is 0 Å². The second kappa shape index (κ2) is 6.06. The van der Waals surface area contributed by atoms with Crippen molar-refractivity contribution in [3.8, 4) is 0 Å². The zero-order valence-electron chi connectivity index (χ0n) is 10.8. The number of piperidine rings is 1. The molecule has 19 heavy (non-hydrogen) atoms. The van der Waals surface area contributed by atoms with E-state index in [4.69, 9.17) is 22.1 Å². The lowest BCUT2D eigenvalue weighted by atomic mass is 9.98. The summed E-state index contributed by atoms with van der Waals surface area (Å²) in [6.07, 6.45) is 1.74. The molecule has 7 heteroatoms. The Kier molecular flexibility index (Phi) is 4.42. The zero-order chi connectivity index (χ0) is 13.8. The molecule has 0 bridgehead atoms. The van der Waals surface area contributed by atoms with Gasteiger partial charge in [0.05, 0.1) is 12.5 Å².